The predicted octanol–water partition coefficient (Wildman–Crippen LogP) is 3.10. The molecule has 0 fully saturated rings. The van der Waals surface area contributed by atoms with Crippen LogP contribution in [0, 0.1) is 0 Å². The number of ether oxygens (including phenoxy) is 2. The van der Waals surface area contributed by atoms with Gasteiger partial charge in [-0.15, -0.1) is 11.3 Å². The first-order valence-electron chi connectivity index (χ1n) is 7.25. The van der Waals surface area contributed by atoms with Crippen LogP contribution in [0.4, 0.5) is 5.69 Å². The molecule has 6 heteroatoms. The van der Waals surface area contributed by atoms with E-state index in [1.807, 2.05) is 24.3 Å². The molecule has 0 spiro atoms. The zero-order chi connectivity index (χ0) is 15.2. The summed E-state index contributed by atoms with van der Waals surface area (Å²) in [5.41, 5.74) is 0.920. The van der Waals surface area contributed by atoms with E-state index < -0.39 is 0 Å². The number of nitrogens with one attached hydrogen (secondary N) is 2. The number of nitrogens with zero attached hydrogens (tertiary/aromatic N) is 1. The molecule has 1 aromatic heterocycles. The Morgan fingerprint density at radius 3 is 2.86 bits per heavy atom. The molecule has 2 heterocycles. The van der Waals surface area contributed by atoms with Gasteiger partial charge in [0.1, 0.15) is 0 Å². The molecule has 0 unspecified atom stereocenters. The number of hydrogen-bond donors (Lipinski definition) is 2. The molecule has 1 aromatic carbocycles. The normalized spacial score (nSPS) is 14.3. The molecule has 3 rings (SSSR count). The van der Waals surface area contributed by atoms with Gasteiger partial charge in [-0.1, -0.05) is 6.07 Å². The fourth-order valence-electron chi connectivity index (χ4n) is 2.14. The van der Waals surface area contributed by atoms with Crippen molar-refractivity contribution in [3.63, 3.8) is 0 Å². The van der Waals surface area contributed by atoms with Gasteiger partial charge in [-0.05, 0) is 23.6 Å². The van der Waals surface area contributed by atoms with Crippen molar-refractivity contribution >= 4 is 23.0 Å². The highest BCUT2D eigenvalue weighted by atomic mass is 32.1. The molecule has 0 atom stereocenters. The third kappa shape index (κ3) is 3.71. The second-order valence-electron chi connectivity index (χ2n) is 4.84. The molecule has 5 nitrogen and oxygen atoms in total. The molecule has 2 N–H and O–H groups in total. The fraction of sp³-hybridized carbons (Fsp3) is 0.312. The summed E-state index contributed by atoms with van der Waals surface area (Å²) in [5, 5.41) is 8.63. The highest BCUT2D eigenvalue weighted by Crippen LogP contribution is 2.32. The van der Waals surface area contributed by atoms with Crippen LogP contribution in [0.15, 0.2) is 40.7 Å². The molecule has 22 heavy (non-hydrogen) atoms. The van der Waals surface area contributed by atoms with Gasteiger partial charge in [0.2, 0.25) is 0 Å². The van der Waals surface area contributed by atoms with Crippen LogP contribution in [0.25, 0.3) is 0 Å². The predicted molar refractivity (Wildman–Crippen MR) is 90.2 cm³/mol. The molecular formula is C16H19N3O2S. The summed E-state index contributed by atoms with van der Waals surface area (Å²) in [5.74, 6) is 2.30. The van der Waals surface area contributed by atoms with Crippen molar-refractivity contribution in [1.29, 1.82) is 0 Å². The van der Waals surface area contributed by atoms with Gasteiger partial charge in [0.25, 0.3) is 0 Å². The average molecular weight is 317 g/mol. The minimum atomic E-state index is 0.682. The monoisotopic (exact) mass is 317 g/mol. The first-order chi connectivity index (χ1) is 10.8. The van der Waals surface area contributed by atoms with Crippen molar-refractivity contribution in [2.24, 2.45) is 4.99 Å². The lowest BCUT2D eigenvalue weighted by Gasteiger charge is -2.13. The molecule has 116 valence electrons. The third-order valence-corrected chi connectivity index (χ3v) is 4.12. The topological polar surface area (TPSA) is 54.9 Å². The summed E-state index contributed by atoms with van der Waals surface area (Å²) >= 11 is 1.72. The lowest BCUT2D eigenvalue weighted by atomic mass is 10.3. The third-order valence-electron chi connectivity index (χ3n) is 3.24. The second kappa shape index (κ2) is 7.17. The Kier molecular flexibility index (Phi) is 4.80. The van der Waals surface area contributed by atoms with Gasteiger partial charge >= 0.3 is 0 Å². The molecule has 1 aliphatic rings. The maximum atomic E-state index is 5.70. The Morgan fingerprint density at radius 2 is 2.09 bits per heavy atom. The van der Waals surface area contributed by atoms with Crippen molar-refractivity contribution in [1.82, 2.24) is 5.32 Å². The number of thiophene rings is 1. The van der Waals surface area contributed by atoms with Gasteiger partial charge in [-0.25, -0.2) is 0 Å². The molecule has 0 bridgehead atoms. The van der Waals surface area contributed by atoms with Crippen LogP contribution in [-0.4, -0.2) is 26.2 Å². The Balaban J connectivity index is 1.64. The van der Waals surface area contributed by atoms with Gasteiger partial charge in [0.05, 0.1) is 19.8 Å². The second-order valence-corrected chi connectivity index (χ2v) is 5.87. The van der Waals surface area contributed by atoms with Gasteiger partial charge in [-0.2, -0.15) is 0 Å². The van der Waals surface area contributed by atoms with Crippen molar-refractivity contribution in [2.45, 2.75) is 13.0 Å². The zero-order valence-corrected chi connectivity index (χ0v) is 13.3. The van der Waals surface area contributed by atoms with Crippen molar-refractivity contribution in [2.75, 3.05) is 25.6 Å². The molecular weight excluding hydrogens is 298 g/mol. The summed E-state index contributed by atoms with van der Waals surface area (Å²) < 4.78 is 11.3. The summed E-state index contributed by atoms with van der Waals surface area (Å²) in [4.78, 5) is 5.51. The van der Waals surface area contributed by atoms with Crippen LogP contribution in [0.1, 0.15) is 11.3 Å². The number of rotatable bonds is 3. The van der Waals surface area contributed by atoms with Crippen LogP contribution in [-0.2, 0) is 6.54 Å². The van der Waals surface area contributed by atoms with Crippen molar-refractivity contribution in [3.8, 4) is 11.5 Å². The lowest BCUT2D eigenvalue weighted by molar-refractivity contribution is 0.297. The minimum Gasteiger partial charge on any atom is -0.490 e. The van der Waals surface area contributed by atoms with Gasteiger partial charge in [0.15, 0.2) is 17.5 Å². The van der Waals surface area contributed by atoms with Crippen molar-refractivity contribution < 1.29 is 9.47 Å². The van der Waals surface area contributed by atoms with E-state index in [-0.39, 0.29) is 0 Å². The Labute approximate surface area is 134 Å². The zero-order valence-electron chi connectivity index (χ0n) is 12.5. The summed E-state index contributed by atoms with van der Waals surface area (Å²) in [6.07, 6.45) is 0.904. The van der Waals surface area contributed by atoms with Crippen molar-refractivity contribution in [3.05, 3.63) is 40.6 Å². The minimum absolute atomic E-state index is 0.682. The molecule has 0 saturated carbocycles. The highest BCUT2D eigenvalue weighted by Gasteiger charge is 2.11. The van der Waals surface area contributed by atoms with Crippen LogP contribution < -0.4 is 20.1 Å². The summed E-state index contributed by atoms with van der Waals surface area (Å²) in [6, 6.07) is 9.97. The molecule has 1 aliphatic heterocycles. The van der Waals surface area contributed by atoms with Crippen LogP contribution in [0.2, 0.25) is 0 Å². The van der Waals surface area contributed by atoms with Crippen LogP contribution in [0.5, 0.6) is 11.5 Å². The smallest absolute Gasteiger partial charge is 0.195 e. The first kappa shape index (κ1) is 14.7. The van der Waals surface area contributed by atoms with E-state index in [0.29, 0.717) is 13.2 Å². The Hall–Kier alpha value is -2.21. The summed E-state index contributed by atoms with van der Waals surface area (Å²) in [6.45, 7) is 2.13. The average Bonchev–Trinajstić information content (AvgIpc) is 2.95. The first-order valence-corrected chi connectivity index (χ1v) is 8.13. The SMILES string of the molecule is CN=C(NCc1cccs1)Nc1ccc2c(c1)OCCCO2. The number of guanidine groups is 1. The Bertz CT molecular complexity index is 641. The Morgan fingerprint density at radius 1 is 1.23 bits per heavy atom. The van der Waals surface area contributed by atoms with E-state index in [1.165, 1.54) is 4.88 Å². The molecule has 0 aliphatic carbocycles. The standard InChI is InChI=1S/C16H19N3O2S/c1-17-16(18-11-13-4-2-9-22-13)19-12-5-6-14-15(10-12)21-8-3-7-20-14/h2,4-6,9-10H,3,7-8,11H2,1H3,(H2,17,18,19). The quantitative estimate of drug-likeness (QED) is 0.675. The lowest BCUT2D eigenvalue weighted by Crippen LogP contribution is -2.29. The highest BCUT2D eigenvalue weighted by molar-refractivity contribution is 7.09. The fourth-order valence-corrected chi connectivity index (χ4v) is 2.79. The van der Waals surface area contributed by atoms with E-state index in [4.69, 9.17) is 9.47 Å². The van der Waals surface area contributed by atoms with Gasteiger partial charge in [0, 0.05) is 30.1 Å². The van der Waals surface area contributed by atoms with Crippen LogP contribution >= 0.6 is 11.3 Å². The van der Waals surface area contributed by atoms with Gasteiger partial charge < -0.3 is 20.1 Å². The molecule has 0 radical (unpaired) electrons. The maximum absolute atomic E-state index is 5.70. The number of anilines is 1. The van der Waals surface area contributed by atoms with E-state index in [1.54, 1.807) is 18.4 Å². The number of fused-ring (bicyclic) bond motifs is 1. The molecule has 0 saturated heterocycles. The maximum Gasteiger partial charge on any atom is 0.195 e. The van der Waals surface area contributed by atoms with Gasteiger partial charge in [-0.3, -0.25) is 4.99 Å². The number of aliphatic imine (C=N–C) groups is 1. The van der Waals surface area contributed by atoms with Crippen LogP contribution in [0.3, 0.4) is 0 Å². The van der Waals surface area contributed by atoms with E-state index in [9.17, 15) is 0 Å². The molecule has 0 amide bonds. The molecule has 2 aromatic rings. The largest absolute Gasteiger partial charge is 0.490 e. The summed E-state index contributed by atoms with van der Waals surface area (Å²) in [7, 11) is 1.76. The van der Waals surface area contributed by atoms with E-state index in [2.05, 4.69) is 27.1 Å². The number of hydrogen-bond acceptors (Lipinski definition) is 4. The number of benzene rings is 1. The van der Waals surface area contributed by atoms with E-state index in [0.717, 1.165) is 36.1 Å². The van der Waals surface area contributed by atoms with E-state index >= 15 is 0 Å².